The van der Waals surface area contributed by atoms with Crippen molar-refractivity contribution in [3.63, 3.8) is 0 Å². The SMILES string of the molecule is CCOc1ccc(NC(=O)c2ncoc2-c2cccs2)cc1. The zero-order chi connectivity index (χ0) is 15.4. The highest BCUT2D eigenvalue weighted by Gasteiger charge is 2.19. The lowest BCUT2D eigenvalue weighted by molar-refractivity contribution is 0.102. The van der Waals surface area contributed by atoms with Crippen LogP contribution in [-0.4, -0.2) is 17.5 Å². The number of nitrogens with one attached hydrogen (secondary N) is 1. The highest BCUT2D eigenvalue weighted by molar-refractivity contribution is 7.13. The van der Waals surface area contributed by atoms with Gasteiger partial charge in [-0.25, -0.2) is 4.98 Å². The molecule has 2 heterocycles. The van der Waals surface area contributed by atoms with Crippen molar-refractivity contribution >= 4 is 22.9 Å². The summed E-state index contributed by atoms with van der Waals surface area (Å²) in [5.74, 6) is 0.945. The van der Waals surface area contributed by atoms with E-state index in [0.29, 0.717) is 18.1 Å². The van der Waals surface area contributed by atoms with Crippen LogP contribution in [-0.2, 0) is 0 Å². The minimum absolute atomic E-state index is 0.274. The first-order valence-corrected chi connectivity index (χ1v) is 7.67. The van der Waals surface area contributed by atoms with Crippen LogP contribution in [0, 0.1) is 0 Å². The molecule has 3 rings (SSSR count). The van der Waals surface area contributed by atoms with Gasteiger partial charge in [0.2, 0.25) is 0 Å². The molecule has 1 aromatic carbocycles. The Hall–Kier alpha value is -2.60. The second-order valence-electron chi connectivity index (χ2n) is 4.42. The van der Waals surface area contributed by atoms with Crippen LogP contribution in [0.4, 0.5) is 5.69 Å². The van der Waals surface area contributed by atoms with Crippen LogP contribution in [0.3, 0.4) is 0 Å². The number of hydrogen-bond donors (Lipinski definition) is 1. The molecule has 0 fully saturated rings. The van der Waals surface area contributed by atoms with Crippen LogP contribution in [0.25, 0.3) is 10.6 Å². The number of amides is 1. The summed E-state index contributed by atoms with van der Waals surface area (Å²) in [5, 5.41) is 4.73. The topological polar surface area (TPSA) is 64.4 Å². The number of carbonyl (C=O) groups is 1. The zero-order valence-electron chi connectivity index (χ0n) is 11.9. The van der Waals surface area contributed by atoms with Crippen LogP contribution < -0.4 is 10.1 Å². The first-order chi connectivity index (χ1) is 10.8. The molecule has 112 valence electrons. The number of benzene rings is 1. The number of thiophene rings is 1. The van der Waals surface area contributed by atoms with E-state index in [4.69, 9.17) is 9.15 Å². The highest BCUT2D eigenvalue weighted by Crippen LogP contribution is 2.28. The molecule has 3 aromatic rings. The van der Waals surface area contributed by atoms with Gasteiger partial charge in [-0.2, -0.15) is 0 Å². The molecule has 2 aromatic heterocycles. The molecule has 5 nitrogen and oxygen atoms in total. The number of rotatable bonds is 5. The lowest BCUT2D eigenvalue weighted by Gasteiger charge is -2.06. The number of carbonyl (C=O) groups excluding carboxylic acids is 1. The third kappa shape index (κ3) is 3.01. The molecule has 0 saturated heterocycles. The molecule has 0 bridgehead atoms. The fourth-order valence-electron chi connectivity index (χ4n) is 1.98. The van der Waals surface area contributed by atoms with Gasteiger partial charge in [0.05, 0.1) is 11.5 Å². The molecule has 1 amide bonds. The van der Waals surface area contributed by atoms with Gasteiger partial charge in [-0.1, -0.05) is 6.07 Å². The monoisotopic (exact) mass is 314 g/mol. The predicted molar refractivity (Wildman–Crippen MR) is 85.4 cm³/mol. The minimum atomic E-state index is -0.304. The predicted octanol–water partition coefficient (Wildman–Crippen LogP) is 4.05. The van der Waals surface area contributed by atoms with Crippen molar-refractivity contribution < 1.29 is 13.9 Å². The van der Waals surface area contributed by atoms with E-state index in [2.05, 4.69) is 10.3 Å². The van der Waals surface area contributed by atoms with Gasteiger partial charge < -0.3 is 14.5 Å². The Balaban J connectivity index is 1.76. The maximum Gasteiger partial charge on any atom is 0.278 e. The quantitative estimate of drug-likeness (QED) is 0.771. The number of ether oxygens (including phenoxy) is 1. The summed E-state index contributed by atoms with van der Waals surface area (Å²) in [6.45, 7) is 2.53. The van der Waals surface area contributed by atoms with Gasteiger partial charge in [-0.3, -0.25) is 4.79 Å². The summed E-state index contributed by atoms with van der Waals surface area (Å²) in [7, 11) is 0. The van der Waals surface area contributed by atoms with Gasteiger partial charge in [-0.15, -0.1) is 11.3 Å². The normalized spacial score (nSPS) is 10.4. The molecule has 0 aliphatic carbocycles. The molecule has 0 unspecified atom stereocenters. The maximum absolute atomic E-state index is 12.3. The molecule has 0 spiro atoms. The third-order valence-corrected chi connectivity index (χ3v) is 3.82. The number of aromatic nitrogens is 1. The van der Waals surface area contributed by atoms with Crippen molar-refractivity contribution in [2.75, 3.05) is 11.9 Å². The molecule has 22 heavy (non-hydrogen) atoms. The number of anilines is 1. The van der Waals surface area contributed by atoms with Crippen LogP contribution in [0.15, 0.2) is 52.6 Å². The number of oxazole rings is 1. The van der Waals surface area contributed by atoms with Gasteiger partial charge in [0.15, 0.2) is 17.8 Å². The Bertz CT molecular complexity index is 748. The third-order valence-electron chi connectivity index (χ3n) is 2.95. The van der Waals surface area contributed by atoms with Crippen LogP contribution in [0.2, 0.25) is 0 Å². The smallest absolute Gasteiger partial charge is 0.278 e. The minimum Gasteiger partial charge on any atom is -0.494 e. The van der Waals surface area contributed by atoms with Crippen molar-refractivity contribution in [2.24, 2.45) is 0 Å². The highest BCUT2D eigenvalue weighted by atomic mass is 32.1. The molecular weight excluding hydrogens is 300 g/mol. The fourth-order valence-corrected chi connectivity index (χ4v) is 2.69. The van der Waals surface area contributed by atoms with Gasteiger partial charge in [0.1, 0.15) is 5.75 Å². The van der Waals surface area contributed by atoms with E-state index in [1.54, 1.807) is 12.1 Å². The second-order valence-corrected chi connectivity index (χ2v) is 5.37. The van der Waals surface area contributed by atoms with Crippen molar-refractivity contribution in [3.8, 4) is 16.4 Å². The van der Waals surface area contributed by atoms with Gasteiger partial charge in [0, 0.05) is 5.69 Å². The Morgan fingerprint density at radius 2 is 2.14 bits per heavy atom. The molecule has 6 heteroatoms. The summed E-state index contributed by atoms with van der Waals surface area (Å²) >= 11 is 1.50. The Kier molecular flexibility index (Phi) is 4.20. The summed E-state index contributed by atoms with van der Waals surface area (Å²) in [5.41, 5.74) is 0.949. The summed E-state index contributed by atoms with van der Waals surface area (Å²) < 4.78 is 10.7. The maximum atomic E-state index is 12.3. The van der Waals surface area contributed by atoms with Crippen LogP contribution >= 0.6 is 11.3 Å². The summed E-state index contributed by atoms with van der Waals surface area (Å²) in [6.07, 6.45) is 1.28. The first-order valence-electron chi connectivity index (χ1n) is 6.79. The molecule has 0 aliphatic rings. The van der Waals surface area contributed by atoms with Gasteiger partial charge >= 0.3 is 0 Å². The molecule has 0 aliphatic heterocycles. The van der Waals surface area contributed by atoms with E-state index in [0.717, 1.165) is 10.6 Å². The summed E-state index contributed by atoms with van der Waals surface area (Å²) in [6, 6.07) is 11.0. The second kappa shape index (κ2) is 6.44. The van der Waals surface area contributed by atoms with E-state index in [1.165, 1.54) is 17.7 Å². The van der Waals surface area contributed by atoms with E-state index in [-0.39, 0.29) is 11.6 Å². The lowest BCUT2D eigenvalue weighted by Crippen LogP contribution is -2.13. The molecule has 0 atom stereocenters. The van der Waals surface area contributed by atoms with Crippen molar-refractivity contribution in [2.45, 2.75) is 6.92 Å². The average Bonchev–Trinajstić information content (AvgIpc) is 3.20. The van der Waals surface area contributed by atoms with Crippen molar-refractivity contribution in [3.05, 3.63) is 53.9 Å². The Morgan fingerprint density at radius 3 is 2.82 bits per heavy atom. The molecular formula is C16H14N2O3S. The Labute approximate surface area is 131 Å². The van der Waals surface area contributed by atoms with Crippen LogP contribution in [0.1, 0.15) is 17.4 Å². The van der Waals surface area contributed by atoms with E-state index < -0.39 is 0 Å². The van der Waals surface area contributed by atoms with Crippen molar-refractivity contribution in [1.82, 2.24) is 4.98 Å². The largest absolute Gasteiger partial charge is 0.494 e. The lowest BCUT2D eigenvalue weighted by atomic mass is 10.2. The van der Waals surface area contributed by atoms with Crippen LogP contribution in [0.5, 0.6) is 5.75 Å². The zero-order valence-corrected chi connectivity index (χ0v) is 12.7. The Morgan fingerprint density at radius 1 is 1.32 bits per heavy atom. The van der Waals surface area contributed by atoms with E-state index in [9.17, 15) is 4.79 Å². The van der Waals surface area contributed by atoms with Gasteiger partial charge in [-0.05, 0) is 42.6 Å². The standard InChI is InChI=1S/C16H14N2O3S/c1-2-20-12-7-5-11(6-8-12)18-16(19)14-15(21-10-17-14)13-4-3-9-22-13/h3-10H,2H2,1H3,(H,18,19). The van der Waals surface area contributed by atoms with E-state index in [1.807, 2.05) is 36.6 Å². The number of hydrogen-bond acceptors (Lipinski definition) is 5. The average molecular weight is 314 g/mol. The first kappa shape index (κ1) is 14.3. The van der Waals surface area contributed by atoms with E-state index >= 15 is 0 Å². The summed E-state index contributed by atoms with van der Waals surface area (Å²) in [4.78, 5) is 17.2. The number of nitrogens with zero attached hydrogens (tertiary/aromatic N) is 1. The fraction of sp³-hybridized carbons (Fsp3) is 0.125. The van der Waals surface area contributed by atoms with Gasteiger partial charge in [0.25, 0.3) is 5.91 Å². The van der Waals surface area contributed by atoms with Crippen molar-refractivity contribution in [1.29, 1.82) is 0 Å². The molecule has 0 radical (unpaired) electrons. The molecule has 1 N–H and O–H groups in total. The molecule has 0 saturated carbocycles.